The second kappa shape index (κ2) is 8.59. The predicted molar refractivity (Wildman–Crippen MR) is 103 cm³/mol. The molecule has 1 fully saturated rings. The molecule has 1 atom stereocenters. The van der Waals surface area contributed by atoms with Gasteiger partial charge in [-0.2, -0.15) is 18.2 Å². The monoisotopic (exact) mass is 420 g/mol. The Hall–Kier alpha value is -2.68. The number of hydrogen-bond donors (Lipinski definition) is 0. The van der Waals surface area contributed by atoms with Gasteiger partial charge in [-0.15, -0.1) is 0 Å². The topological polar surface area (TPSA) is 62.5 Å². The average Bonchev–Trinajstić information content (AvgIpc) is 3.22. The molecule has 1 amide bonds. The summed E-state index contributed by atoms with van der Waals surface area (Å²) in [5.41, 5.74) is -0.489. The molecule has 2 aromatic rings. The van der Waals surface area contributed by atoms with Gasteiger partial charge in [0.15, 0.2) is 0 Å². The Morgan fingerprint density at radius 2 is 1.97 bits per heavy atom. The van der Waals surface area contributed by atoms with Crippen LogP contribution in [-0.2, 0) is 17.5 Å². The van der Waals surface area contributed by atoms with Crippen LogP contribution in [0.2, 0.25) is 0 Å². The quantitative estimate of drug-likeness (QED) is 0.705. The highest BCUT2D eigenvalue weighted by molar-refractivity contribution is 5.79. The molecule has 1 aromatic carbocycles. The van der Waals surface area contributed by atoms with Gasteiger partial charge in [-0.3, -0.25) is 9.69 Å². The summed E-state index contributed by atoms with van der Waals surface area (Å²) in [6, 6.07) is 4.87. The van der Waals surface area contributed by atoms with Crippen LogP contribution in [0.25, 0.3) is 11.4 Å². The molecule has 1 aromatic heterocycles. The molecule has 0 radical (unpaired) electrons. The van der Waals surface area contributed by atoms with Crippen molar-refractivity contribution >= 4 is 5.91 Å². The molecule has 0 bridgehead atoms. The summed E-state index contributed by atoms with van der Waals surface area (Å²) in [6.07, 6.45) is 2.48. The van der Waals surface area contributed by atoms with Gasteiger partial charge in [-0.05, 0) is 31.4 Å². The van der Waals surface area contributed by atoms with Crippen LogP contribution in [0, 0.1) is 5.92 Å². The minimum atomic E-state index is -4.42. The number of halogens is 3. The van der Waals surface area contributed by atoms with Crippen molar-refractivity contribution in [2.24, 2.45) is 5.92 Å². The lowest BCUT2D eigenvalue weighted by atomic mass is 9.93. The standard InChI is InChI=1S/C21H23F3N4O2/c22-21(23,24)17-8-4-7-16(13-17)19-25-18(30-26-19)14-27-9-11-28(12-10-27)20(29)15-5-2-1-3-6-15/h1-2,4,7-8,13,15H,3,5-6,9-12,14H2. The molecule has 160 valence electrons. The molecule has 2 aliphatic rings. The van der Waals surface area contributed by atoms with Crippen LogP contribution >= 0.6 is 0 Å². The number of aromatic nitrogens is 2. The van der Waals surface area contributed by atoms with E-state index in [1.165, 1.54) is 12.1 Å². The fourth-order valence-electron chi connectivity index (χ4n) is 3.86. The van der Waals surface area contributed by atoms with Crippen molar-refractivity contribution < 1.29 is 22.5 Å². The summed E-state index contributed by atoms with van der Waals surface area (Å²) in [4.78, 5) is 20.9. The number of benzene rings is 1. The summed E-state index contributed by atoms with van der Waals surface area (Å²) >= 11 is 0. The summed E-state index contributed by atoms with van der Waals surface area (Å²) in [7, 11) is 0. The minimum Gasteiger partial charge on any atom is -0.340 e. The number of allylic oxidation sites excluding steroid dienone is 2. The number of nitrogens with zero attached hydrogens (tertiary/aromatic N) is 4. The Balaban J connectivity index is 1.33. The van der Waals surface area contributed by atoms with Gasteiger partial charge in [0.25, 0.3) is 0 Å². The second-order valence-electron chi connectivity index (χ2n) is 7.67. The van der Waals surface area contributed by atoms with Gasteiger partial charge in [0.1, 0.15) is 0 Å². The zero-order valence-electron chi connectivity index (χ0n) is 16.4. The first-order chi connectivity index (χ1) is 14.4. The molecule has 1 unspecified atom stereocenters. The molecule has 1 saturated heterocycles. The lowest BCUT2D eigenvalue weighted by Crippen LogP contribution is -2.50. The van der Waals surface area contributed by atoms with E-state index in [0.29, 0.717) is 38.6 Å². The Morgan fingerprint density at radius 1 is 1.17 bits per heavy atom. The van der Waals surface area contributed by atoms with Crippen LogP contribution in [-0.4, -0.2) is 52.0 Å². The third-order valence-corrected chi connectivity index (χ3v) is 5.58. The van der Waals surface area contributed by atoms with Gasteiger partial charge in [0.2, 0.25) is 17.6 Å². The number of alkyl halides is 3. The van der Waals surface area contributed by atoms with Crippen molar-refractivity contribution in [2.45, 2.75) is 32.0 Å². The van der Waals surface area contributed by atoms with Gasteiger partial charge in [0, 0.05) is 37.7 Å². The van der Waals surface area contributed by atoms with Crippen molar-refractivity contribution in [1.82, 2.24) is 19.9 Å². The molecule has 0 spiro atoms. The van der Waals surface area contributed by atoms with E-state index in [4.69, 9.17) is 4.52 Å². The zero-order valence-corrected chi connectivity index (χ0v) is 16.4. The maximum absolute atomic E-state index is 12.9. The van der Waals surface area contributed by atoms with Crippen LogP contribution in [0.15, 0.2) is 40.9 Å². The average molecular weight is 420 g/mol. The minimum absolute atomic E-state index is 0.0903. The van der Waals surface area contributed by atoms with Crippen LogP contribution in [0.3, 0.4) is 0 Å². The summed E-state index contributed by atoms with van der Waals surface area (Å²) in [6.45, 7) is 3.08. The van der Waals surface area contributed by atoms with E-state index in [1.807, 2.05) is 4.90 Å². The van der Waals surface area contributed by atoms with Crippen molar-refractivity contribution in [3.05, 3.63) is 47.9 Å². The second-order valence-corrected chi connectivity index (χ2v) is 7.67. The van der Waals surface area contributed by atoms with Gasteiger partial charge in [0.05, 0.1) is 12.1 Å². The number of rotatable bonds is 4. The van der Waals surface area contributed by atoms with Crippen molar-refractivity contribution in [3.8, 4) is 11.4 Å². The smallest absolute Gasteiger partial charge is 0.340 e. The van der Waals surface area contributed by atoms with Crippen molar-refractivity contribution in [2.75, 3.05) is 26.2 Å². The lowest BCUT2D eigenvalue weighted by Gasteiger charge is -2.36. The molecule has 0 saturated carbocycles. The first-order valence-corrected chi connectivity index (χ1v) is 10.1. The van der Waals surface area contributed by atoms with Crippen LogP contribution in [0.5, 0.6) is 0 Å². The largest absolute Gasteiger partial charge is 0.416 e. The summed E-state index contributed by atoms with van der Waals surface area (Å²) in [5, 5.41) is 3.83. The number of amides is 1. The van der Waals surface area contributed by atoms with E-state index >= 15 is 0 Å². The van der Waals surface area contributed by atoms with Gasteiger partial charge in [-0.1, -0.05) is 29.4 Å². The predicted octanol–water partition coefficient (Wildman–Crippen LogP) is 3.76. The maximum Gasteiger partial charge on any atom is 0.416 e. The highest BCUT2D eigenvalue weighted by Gasteiger charge is 2.31. The van der Waals surface area contributed by atoms with Gasteiger partial charge >= 0.3 is 6.18 Å². The highest BCUT2D eigenvalue weighted by Crippen LogP contribution is 2.31. The lowest BCUT2D eigenvalue weighted by molar-refractivity contribution is -0.138. The molecule has 4 rings (SSSR count). The fraction of sp³-hybridized carbons (Fsp3) is 0.476. The van der Waals surface area contributed by atoms with E-state index < -0.39 is 11.7 Å². The van der Waals surface area contributed by atoms with Gasteiger partial charge in [-0.25, -0.2) is 0 Å². The molecule has 30 heavy (non-hydrogen) atoms. The molecule has 1 aliphatic heterocycles. The highest BCUT2D eigenvalue weighted by atomic mass is 19.4. The number of piperazine rings is 1. The number of carbonyl (C=O) groups is 1. The Morgan fingerprint density at radius 3 is 2.67 bits per heavy atom. The number of hydrogen-bond acceptors (Lipinski definition) is 5. The van der Waals surface area contributed by atoms with E-state index in [2.05, 4.69) is 27.2 Å². The van der Waals surface area contributed by atoms with E-state index in [-0.39, 0.29) is 23.2 Å². The zero-order chi connectivity index (χ0) is 21.1. The van der Waals surface area contributed by atoms with Crippen molar-refractivity contribution in [3.63, 3.8) is 0 Å². The molecule has 9 heteroatoms. The molecule has 1 aliphatic carbocycles. The SMILES string of the molecule is O=C(C1CC=CCC1)N1CCN(Cc2nc(-c3cccc(C(F)(F)F)c3)no2)CC1. The van der Waals surface area contributed by atoms with Gasteiger partial charge < -0.3 is 9.42 Å². The Labute approximate surface area is 172 Å². The first kappa shape index (κ1) is 20.6. The summed E-state index contributed by atoms with van der Waals surface area (Å²) < 4.78 is 44.0. The van der Waals surface area contributed by atoms with Crippen molar-refractivity contribution in [1.29, 1.82) is 0 Å². The molecule has 6 nitrogen and oxygen atoms in total. The Kier molecular flexibility index (Phi) is 5.90. The molecule has 2 heterocycles. The van der Waals surface area contributed by atoms with E-state index in [0.717, 1.165) is 31.4 Å². The molecular weight excluding hydrogens is 397 g/mol. The van der Waals surface area contributed by atoms with Crippen LogP contribution < -0.4 is 0 Å². The fourth-order valence-corrected chi connectivity index (χ4v) is 3.86. The third-order valence-electron chi connectivity index (χ3n) is 5.58. The van der Waals surface area contributed by atoms with E-state index in [1.54, 1.807) is 0 Å². The third kappa shape index (κ3) is 4.72. The van der Waals surface area contributed by atoms with Crippen LogP contribution in [0.1, 0.15) is 30.7 Å². The first-order valence-electron chi connectivity index (χ1n) is 10.1. The molecule has 0 N–H and O–H groups in total. The van der Waals surface area contributed by atoms with Crippen LogP contribution in [0.4, 0.5) is 13.2 Å². The normalized spacial score (nSPS) is 20.5. The van der Waals surface area contributed by atoms with E-state index in [9.17, 15) is 18.0 Å². The summed E-state index contributed by atoms with van der Waals surface area (Å²) in [5.74, 6) is 0.797. The number of carbonyl (C=O) groups excluding carboxylic acids is 1. The Bertz CT molecular complexity index is 917. The molecular formula is C21H23F3N4O2. The maximum atomic E-state index is 12.9.